The third kappa shape index (κ3) is 7.01. The lowest BCUT2D eigenvalue weighted by molar-refractivity contribution is -0.384. The number of nitro benzene ring substituents is 1. The maximum atomic E-state index is 11.9. The molecule has 0 aliphatic rings. The molecule has 2 N–H and O–H groups in total. The molecule has 2 aromatic rings. The molecule has 7 nitrogen and oxygen atoms in total. The van der Waals surface area contributed by atoms with Gasteiger partial charge < -0.3 is 15.4 Å². The van der Waals surface area contributed by atoms with E-state index in [1.54, 1.807) is 24.3 Å². The number of hydrogen-bond acceptors (Lipinski definition) is 5. The predicted molar refractivity (Wildman–Crippen MR) is 109 cm³/mol. The summed E-state index contributed by atoms with van der Waals surface area (Å²) >= 11 is 16.6. The van der Waals surface area contributed by atoms with Crippen LogP contribution in [0.1, 0.15) is 12.8 Å². The first kappa shape index (κ1) is 20.9. The maximum Gasteiger partial charge on any atom is 0.289 e. The number of nitrogens with zero attached hydrogens (tertiary/aromatic N) is 1. The van der Waals surface area contributed by atoms with E-state index < -0.39 is 4.92 Å². The van der Waals surface area contributed by atoms with E-state index in [4.69, 9.17) is 40.2 Å². The molecule has 2 rings (SSSR count). The van der Waals surface area contributed by atoms with Gasteiger partial charge in [-0.15, -0.1) is 0 Å². The Balaban J connectivity index is 1.73. The number of nitrogens with one attached hydrogen (secondary N) is 2. The number of hydrogen-bond donors (Lipinski definition) is 2. The molecule has 0 saturated heterocycles. The summed E-state index contributed by atoms with van der Waals surface area (Å²) in [7, 11) is 0. The van der Waals surface area contributed by atoms with Crippen LogP contribution < -0.4 is 15.4 Å². The fraction of sp³-hybridized carbons (Fsp3) is 0.176. The molecule has 0 unspecified atom stereocenters. The number of benzene rings is 2. The molecule has 0 aliphatic carbocycles. The van der Waals surface area contributed by atoms with Gasteiger partial charge in [-0.1, -0.05) is 23.2 Å². The highest BCUT2D eigenvalue weighted by Gasteiger charge is 2.13. The number of ether oxygens (including phenoxy) is 1. The molecule has 0 radical (unpaired) electrons. The SMILES string of the molecule is O=C(CCCOc1ccc(Cl)cc1)NC(=S)Nc1ccc(Cl)c([N+](=O)[O-])c1. The van der Waals surface area contributed by atoms with Gasteiger partial charge in [-0.05, 0) is 55.0 Å². The summed E-state index contributed by atoms with van der Waals surface area (Å²) in [5.41, 5.74) is 0.0950. The minimum absolute atomic E-state index is 0.0150. The summed E-state index contributed by atoms with van der Waals surface area (Å²) < 4.78 is 5.50. The molecular formula is C17H15Cl2N3O4S. The molecule has 0 spiro atoms. The van der Waals surface area contributed by atoms with Crippen LogP contribution in [0.15, 0.2) is 42.5 Å². The number of anilines is 1. The molecule has 0 fully saturated rings. The van der Waals surface area contributed by atoms with Crippen molar-refractivity contribution in [2.24, 2.45) is 0 Å². The number of carbonyl (C=O) groups excluding carboxylic acids is 1. The Hall–Kier alpha value is -2.42. The smallest absolute Gasteiger partial charge is 0.289 e. The fourth-order valence-corrected chi connectivity index (χ4v) is 2.58. The molecule has 0 bridgehead atoms. The van der Waals surface area contributed by atoms with E-state index in [2.05, 4.69) is 10.6 Å². The third-order valence-electron chi connectivity index (χ3n) is 3.28. The van der Waals surface area contributed by atoms with Gasteiger partial charge in [-0.2, -0.15) is 0 Å². The van der Waals surface area contributed by atoms with Gasteiger partial charge in [0.2, 0.25) is 5.91 Å². The molecular weight excluding hydrogens is 413 g/mol. The third-order valence-corrected chi connectivity index (χ3v) is 4.06. The molecule has 2 aromatic carbocycles. The van der Waals surface area contributed by atoms with E-state index >= 15 is 0 Å². The van der Waals surface area contributed by atoms with Gasteiger partial charge in [0.1, 0.15) is 10.8 Å². The first-order chi connectivity index (χ1) is 12.8. The Labute approximate surface area is 170 Å². The van der Waals surface area contributed by atoms with E-state index in [0.29, 0.717) is 29.5 Å². The summed E-state index contributed by atoms with van der Waals surface area (Å²) in [6.45, 7) is 0.360. The first-order valence-corrected chi connectivity index (χ1v) is 8.94. The van der Waals surface area contributed by atoms with Crippen molar-refractivity contribution < 1.29 is 14.5 Å². The average Bonchev–Trinajstić information content (AvgIpc) is 2.61. The predicted octanol–water partition coefficient (Wildman–Crippen LogP) is 4.57. The van der Waals surface area contributed by atoms with Crippen molar-refractivity contribution in [1.82, 2.24) is 5.32 Å². The molecule has 1 amide bonds. The summed E-state index contributed by atoms with van der Waals surface area (Å²) in [5, 5.41) is 16.8. The quantitative estimate of drug-likeness (QED) is 0.290. The highest BCUT2D eigenvalue weighted by Crippen LogP contribution is 2.27. The van der Waals surface area contributed by atoms with Gasteiger partial charge in [0.15, 0.2) is 5.11 Å². The zero-order valence-corrected chi connectivity index (χ0v) is 16.2. The van der Waals surface area contributed by atoms with Gasteiger partial charge in [0.25, 0.3) is 5.69 Å². The highest BCUT2D eigenvalue weighted by molar-refractivity contribution is 7.80. The number of rotatable bonds is 7. The van der Waals surface area contributed by atoms with Gasteiger partial charge in [-0.3, -0.25) is 14.9 Å². The van der Waals surface area contributed by atoms with Crippen molar-refractivity contribution in [2.75, 3.05) is 11.9 Å². The lowest BCUT2D eigenvalue weighted by Gasteiger charge is -2.10. The van der Waals surface area contributed by atoms with Crippen LogP contribution in [0.5, 0.6) is 5.75 Å². The zero-order chi connectivity index (χ0) is 19.8. The topological polar surface area (TPSA) is 93.5 Å². The van der Waals surface area contributed by atoms with E-state index in [-0.39, 0.29) is 28.2 Å². The molecule has 0 aliphatic heterocycles. The average molecular weight is 428 g/mol. The monoisotopic (exact) mass is 427 g/mol. The Morgan fingerprint density at radius 2 is 1.89 bits per heavy atom. The van der Waals surface area contributed by atoms with Crippen molar-refractivity contribution in [3.63, 3.8) is 0 Å². The van der Waals surface area contributed by atoms with Gasteiger partial charge in [-0.25, -0.2) is 0 Å². The molecule has 0 atom stereocenters. The minimum atomic E-state index is -0.601. The van der Waals surface area contributed by atoms with Crippen molar-refractivity contribution in [3.05, 3.63) is 62.6 Å². The van der Waals surface area contributed by atoms with Gasteiger partial charge in [0, 0.05) is 23.2 Å². The maximum absolute atomic E-state index is 11.9. The lowest BCUT2D eigenvalue weighted by Crippen LogP contribution is -2.34. The van der Waals surface area contributed by atoms with Crippen molar-refractivity contribution in [1.29, 1.82) is 0 Å². The Morgan fingerprint density at radius 3 is 2.56 bits per heavy atom. The largest absolute Gasteiger partial charge is 0.494 e. The second kappa shape index (κ2) is 10.1. The van der Waals surface area contributed by atoms with Crippen molar-refractivity contribution >= 4 is 57.8 Å². The van der Waals surface area contributed by atoms with Crippen molar-refractivity contribution in [3.8, 4) is 5.75 Å². The number of thiocarbonyl (C=S) groups is 1. The second-order valence-electron chi connectivity index (χ2n) is 5.33. The number of amides is 1. The summed E-state index contributed by atoms with van der Waals surface area (Å²) in [5.74, 6) is 0.372. The second-order valence-corrected chi connectivity index (χ2v) is 6.58. The van der Waals surface area contributed by atoms with Gasteiger partial charge in [0.05, 0.1) is 11.5 Å². The van der Waals surface area contributed by atoms with Crippen LogP contribution in [0.25, 0.3) is 0 Å². The molecule has 0 heterocycles. The van der Waals surface area contributed by atoms with Crippen LogP contribution >= 0.6 is 35.4 Å². The zero-order valence-electron chi connectivity index (χ0n) is 13.9. The van der Waals surface area contributed by atoms with E-state index in [1.807, 2.05) is 0 Å². The van der Waals surface area contributed by atoms with Gasteiger partial charge >= 0.3 is 0 Å². The van der Waals surface area contributed by atoms with Crippen LogP contribution in [0.2, 0.25) is 10.0 Å². The van der Waals surface area contributed by atoms with E-state index in [1.165, 1.54) is 18.2 Å². The Bertz CT molecular complexity index is 847. The Kier molecular flexibility index (Phi) is 7.78. The highest BCUT2D eigenvalue weighted by atomic mass is 35.5. The van der Waals surface area contributed by atoms with Crippen molar-refractivity contribution in [2.45, 2.75) is 12.8 Å². The molecule has 10 heteroatoms. The Morgan fingerprint density at radius 1 is 1.19 bits per heavy atom. The number of nitro groups is 1. The van der Waals surface area contributed by atoms with E-state index in [0.717, 1.165) is 0 Å². The molecule has 142 valence electrons. The van der Waals surface area contributed by atoms with E-state index in [9.17, 15) is 14.9 Å². The van der Waals surface area contributed by atoms with Crippen LogP contribution in [0, 0.1) is 10.1 Å². The minimum Gasteiger partial charge on any atom is -0.494 e. The summed E-state index contributed by atoms with van der Waals surface area (Å²) in [6.07, 6.45) is 0.694. The standard InChI is InChI=1S/C17H15Cl2N3O4S/c18-11-3-6-13(7-4-11)26-9-1-2-16(23)21-17(27)20-12-5-8-14(19)15(10-12)22(24)25/h3-8,10H,1-2,9H2,(H2,20,21,23,27). The summed E-state index contributed by atoms with van der Waals surface area (Å²) in [6, 6.07) is 11.1. The summed E-state index contributed by atoms with van der Waals surface area (Å²) in [4.78, 5) is 22.2. The lowest BCUT2D eigenvalue weighted by atomic mass is 10.3. The number of halogens is 2. The molecule has 27 heavy (non-hydrogen) atoms. The number of carbonyl (C=O) groups is 1. The normalized spacial score (nSPS) is 10.1. The molecule has 0 saturated carbocycles. The van der Waals surface area contributed by atoms with Crippen LogP contribution in [0.4, 0.5) is 11.4 Å². The molecule has 0 aromatic heterocycles. The first-order valence-electron chi connectivity index (χ1n) is 7.78. The van der Waals surface area contributed by atoms with Crippen LogP contribution in [-0.4, -0.2) is 22.5 Å². The van der Waals surface area contributed by atoms with Crippen LogP contribution in [0.3, 0.4) is 0 Å². The van der Waals surface area contributed by atoms with Crippen LogP contribution in [-0.2, 0) is 4.79 Å². The fourth-order valence-electron chi connectivity index (χ4n) is 2.04.